The molecule has 0 atom stereocenters. The maximum atomic E-state index is 10.6. The molecule has 2 aromatic carbocycles. The van der Waals surface area contributed by atoms with Crippen LogP contribution in [0.15, 0.2) is 41.4 Å². The molecule has 16 heavy (non-hydrogen) atoms. The number of hydrogen-bond donors (Lipinski definition) is 0. The Labute approximate surface area is 90.2 Å². The van der Waals surface area contributed by atoms with Crippen LogP contribution in [-0.4, -0.2) is 11.0 Å². The van der Waals surface area contributed by atoms with E-state index in [1.165, 1.54) is 18.2 Å². The summed E-state index contributed by atoms with van der Waals surface area (Å²) in [5.41, 5.74) is 0.474. The lowest BCUT2D eigenvalue weighted by Gasteiger charge is -1.99. The summed E-state index contributed by atoms with van der Waals surface area (Å²) in [5, 5.41) is 11.9. The van der Waals surface area contributed by atoms with Gasteiger partial charge in [0.2, 0.25) is 6.08 Å². The summed E-state index contributed by atoms with van der Waals surface area (Å²) >= 11 is 0. The van der Waals surface area contributed by atoms with Gasteiger partial charge in [-0.25, -0.2) is 4.79 Å². The minimum atomic E-state index is -0.463. The molecule has 0 aliphatic carbocycles. The summed E-state index contributed by atoms with van der Waals surface area (Å²) in [4.78, 5) is 23.8. The van der Waals surface area contributed by atoms with Gasteiger partial charge in [0.25, 0.3) is 5.69 Å². The highest BCUT2D eigenvalue weighted by molar-refractivity contribution is 5.94. The monoisotopic (exact) mass is 214 g/mol. The Bertz CT molecular complexity index is 616. The largest absolute Gasteiger partial charge is 0.270 e. The number of fused-ring (bicyclic) bond motifs is 1. The van der Waals surface area contributed by atoms with Crippen LogP contribution in [0.4, 0.5) is 11.4 Å². The van der Waals surface area contributed by atoms with Gasteiger partial charge in [-0.2, -0.15) is 4.99 Å². The first-order valence-corrected chi connectivity index (χ1v) is 4.47. The normalized spacial score (nSPS) is 9.75. The molecule has 0 heterocycles. The molecule has 0 N–H and O–H groups in total. The third kappa shape index (κ3) is 1.67. The molecule has 0 saturated heterocycles. The molecule has 0 saturated carbocycles. The summed E-state index contributed by atoms with van der Waals surface area (Å²) in [6, 6.07) is 9.46. The first-order chi connectivity index (χ1) is 7.72. The molecule has 0 amide bonds. The van der Waals surface area contributed by atoms with Crippen molar-refractivity contribution in [3.05, 3.63) is 46.5 Å². The van der Waals surface area contributed by atoms with E-state index in [1.807, 2.05) is 0 Å². The van der Waals surface area contributed by atoms with E-state index in [2.05, 4.69) is 4.99 Å². The molecule has 0 spiro atoms. The fourth-order valence-corrected chi connectivity index (χ4v) is 1.51. The van der Waals surface area contributed by atoms with Gasteiger partial charge in [0.05, 0.1) is 10.6 Å². The van der Waals surface area contributed by atoms with Crippen LogP contribution >= 0.6 is 0 Å². The van der Waals surface area contributed by atoms with Gasteiger partial charge < -0.3 is 0 Å². The van der Waals surface area contributed by atoms with E-state index >= 15 is 0 Å². The standard InChI is InChI=1S/C11H6N2O3/c14-7-12-11-3-1-2-8-6-9(13(15)16)4-5-10(8)11/h1-6H. The zero-order chi connectivity index (χ0) is 11.5. The second-order valence-corrected chi connectivity index (χ2v) is 3.14. The van der Waals surface area contributed by atoms with Crippen molar-refractivity contribution in [2.45, 2.75) is 0 Å². The molecular formula is C11H6N2O3. The maximum absolute atomic E-state index is 10.6. The molecule has 0 aromatic heterocycles. The van der Waals surface area contributed by atoms with E-state index in [9.17, 15) is 14.9 Å². The first kappa shape index (κ1) is 10.0. The fourth-order valence-electron chi connectivity index (χ4n) is 1.51. The van der Waals surface area contributed by atoms with Crippen LogP contribution in [0, 0.1) is 10.1 Å². The van der Waals surface area contributed by atoms with E-state index in [-0.39, 0.29) is 5.69 Å². The molecule has 0 fully saturated rings. The zero-order valence-electron chi connectivity index (χ0n) is 8.08. The van der Waals surface area contributed by atoms with Crippen molar-refractivity contribution in [1.82, 2.24) is 0 Å². The van der Waals surface area contributed by atoms with E-state index in [1.54, 1.807) is 24.3 Å². The van der Waals surface area contributed by atoms with Crippen molar-refractivity contribution in [1.29, 1.82) is 0 Å². The predicted molar refractivity (Wildman–Crippen MR) is 58.4 cm³/mol. The summed E-state index contributed by atoms with van der Waals surface area (Å²) in [5.74, 6) is 0. The van der Waals surface area contributed by atoms with Crippen molar-refractivity contribution >= 4 is 28.2 Å². The van der Waals surface area contributed by atoms with Crippen LogP contribution in [0.2, 0.25) is 0 Å². The number of carbonyl (C=O) groups excluding carboxylic acids is 1. The highest BCUT2D eigenvalue weighted by Crippen LogP contribution is 2.28. The van der Waals surface area contributed by atoms with Crippen molar-refractivity contribution in [2.75, 3.05) is 0 Å². The van der Waals surface area contributed by atoms with Gasteiger partial charge >= 0.3 is 0 Å². The van der Waals surface area contributed by atoms with Gasteiger partial charge in [-0.3, -0.25) is 10.1 Å². The molecule has 0 aliphatic rings. The summed E-state index contributed by atoms with van der Waals surface area (Å²) in [6.45, 7) is 0. The summed E-state index contributed by atoms with van der Waals surface area (Å²) in [7, 11) is 0. The van der Waals surface area contributed by atoms with E-state index < -0.39 is 4.92 Å². The van der Waals surface area contributed by atoms with Crippen LogP contribution in [0.25, 0.3) is 10.8 Å². The van der Waals surface area contributed by atoms with Crippen LogP contribution in [-0.2, 0) is 4.79 Å². The number of nitrogens with zero attached hydrogens (tertiary/aromatic N) is 2. The summed E-state index contributed by atoms with van der Waals surface area (Å²) < 4.78 is 0. The molecule has 0 bridgehead atoms. The number of nitro benzene ring substituents is 1. The van der Waals surface area contributed by atoms with Crippen molar-refractivity contribution in [3.8, 4) is 0 Å². The molecule has 78 valence electrons. The Hall–Kier alpha value is -2.52. The Morgan fingerprint density at radius 3 is 2.75 bits per heavy atom. The second-order valence-electron chi connectivity index (χ2n) is 3.14. The number of isocyanates is 1. The maximum Gasteiger partial charge on any atom is 0.270 e. The highest BCUT2D eigenvalue weighted by Gasteiger charge is 2.07. The van der Waals surface area contributed by atoms with Crippen LogP contribution in [0.3, 0.4) is 0 Å². The Morgan fingerprint density at radius 2 is 2.06 bits per heavy atom. The Balaban J connectivity index is 2.73. The average molecular weight is 214 g/mol. The number of nitro groups is 1. The molecule has 2 rings (SSSR count). The molecule has 5 nitrogen and oxygen atoms in total. The van der Waals surface area contributed by atoms with E-state index in [0.717, 1.165) is 0 Å². The lowest BCUT2D eigenvalue weighted by atomic mass is 10.1. The topological polar surface area (TPSA) is 72.6 Å². The Kier molecular flexibility index (Phi) is 2.45. The van der Waals surface area contributed by atoms with Gasteiger partial charge in [-0.1, -0.05) is 12.1 Å². The minimum absolute atomic E-state index is 0.0136. The first-order valence-electron chi connectivity index (χ1n) is 4.47. The van der Waals surface area contributed by atoms with Gasteiger partial charge in [0, 0.05) is 17.5 Å². The third-order valence-corrected chi connectivity index (χ3v) is 2.22. The molecule has 0 unspecified atom stereocenters. The van der Waals surface area contributed by atoms with Crippen LogP contribution < -0.4 is 0 Å². The smallest absolute Gasteiger partial charge is 0.258 e. The number of benzene rings is 2. The average Bonchev–Trinajstić information content (AvgIpc) is 2.29. The van der Waals surface area contributed by atoms with Gasteiger partial charge in [-0.15, -0.1) is 0 Å². The third-order valence-electron chi connectivity index (χ3n) is 2.22. The van der Waals surface area contributed by atoms with Crippen LogP contribution in [0.1, 0.15) is 0 Å². The molecule has 0 radical (unpaired) electrons. The highest BCUT2D eigenvalue weighted by atomic mass is 16.6. The van der Waals surface area contributed by atoms with E-state index in [4.69, 9.17) is 0 Å². The minimum Gasteiger partial charge on any atom is -0.258 e. The van der Waals surface area contributed by atoms with Crippen molar-refractivity contribution < 1.29 is 9.72 Å². The van der Waals surface area contributed by atoms with Crippen molar-refractivity contribution in [2.24, 2.45) is 4.99 Å². The Morgan fingerprint density at radius 1 is 1.25 bits per heavy atom. The number of rotatable bonds is 2. The zero-order valence-corrected chi connectivity index (χ0v) is 8.08. The van der Waals surface area contributed by atoms with Gasteiger partial charge in [0.15, 0.2) is 0 Å². The number of aliphatic imine (C=N–C) groups is 1. The quantitative estimate of drug-likeness (QED) is 0.334. The molecule has 0 aliphatic heterocycles. The molecule has 5 heteroatoms. The van der Waals surface area contributed by atoms with Crippen LogP contribution in [0.5, 0.6) is 0 Å². The number of hydrogen-bond acceptors (Lipinski definition) is 4. The SMILES string of the molecule is O=C=Nc1cccc2cc([N+](=O)[O-])ccc12. The lowest BCUT2D eigenvalue weighted by molar-refractivity contribution is -0.384. The predicted octanol–water partition coefficient (Wildman–Crippen LogP) is 2.72. The number of non-ortho nitro benzene ring substituents is 1. The van der Waals surface area contributed by atoms with Gasteiger partial charge in [0.1, 0.15) is 0 Å². The molecular weight excluding hydrogens is 208 g/mol. The fraction of sp³-hybridized carbons (Fsp3) is 0. The lowest BCUT2D eigenvalue weighted by Crippen LogP contribution is -1.87. The van der Waals surface area contributed by atoms with Gasteiger partial charge in [-0.05, 0) is 17.5 Å². The molecule has 2 aromatic rings. The van der Waals surface area contributed by atoms with E-state index in [0.29, 0.717) is 16.5 Å². The second kappa shape index (κ2) is 3.92. The van der Waals surface area contributed by atoms with Crippen molar-refractivity contribution in [3.63, 3.8) is 0 Å². The summed E-state index contributed by atoms with van der Waals surface area (Å²) in [6.07, 6.45) is 1.45.